The highest BCUT2D eigenvalue weighted by Gasteiger charge is 2.11. The van der Waals surface area contributed by atoms with E-state index in [0.717, 1.165) is 6.07 Å². The van der Waals surface area contributed by atoms with Crippen LogP contribution in [0.3, 0.4) is 0 Å². The van der Waals surface area contributed by atoms with Gasteiger partial charge in [0.1, 0.15) is 17.2 Å². The second-order valence-electron chi connectivity index (χ2n) is 3.57. The SMILES string of the molecule is Cc1nc2oc3ccc(F)cc3c(=O)c2[nH]1. The second-order valence-corrected chi connectivity index (χ2v) is 3.57. The number of nitrogens with zero attached hydrogens (tertiary/aromatic N) is 1. The van der Waals surface area contributed by atoms with E-state index in [2.05, 4.69) is 9.97 Å². The van der Waals surface area contributed by atoms with Gasteiger partial charge >= 0.3 is 0 Å². The van der Waals surface area contributed by atoms with E-state index >= 15 is 0 Å². The first kappa shape index (κ1) is 9.08. The maximum atomic E-state index is 13.0. The number of hydrogen-bond donors (Lipinski definition) is 1. The Morgan fingerprint density at radius 1 is 1.44 bits per heavy atom. The highest BCUT2D eigenvalue weighted by atomic mass is 19.1. The maximum absolute atomic E-state index is 13.0. The number of benzene rings is 1. The minimum Gasteiger partial charge on any atom is -0.436 e. The topological polar surface area (TPSA) is 58.9 Å². The van der Waals surface area contributed by atoms with Crippen LogP contribution in [0.5, 0.6) is 0 Å². The molecule has 0 aliphatic rings. The molecule has 0 saturated carbocycles. The van der Waals surface area contributed by atoms with Crippen LogP contribution in [0.1, 0.15) is 5.82 Å². The van der Waals surface area contributed by atoms with Crippen LogP contribution in [-0.4, -0.2) is 9.97 Å². The van der Waals surface area contributed by atoms with Gasteiger partial charge in [0.2, 0.25) is 11.1 Å². The number of rotatable bonds is 0. The van der Waals surface area contributed by atoms with E-state index in [9.17, 15) is 9.18 Å². The molecular weight excluding hydrogens is 211 g/mol. The molecule has 0 aliphatic carbocycles. The molecule has 0 atom stereocenters. The summed E-state index contributed by atoms with van der Waals surface area (Å²) in [7, 11) is 0. The number of aromatic nitrogens is 2. The third-order valence-corrected chi connectivity index (χ3v) is 2.41. The summed E-state index contributed by atoms with van der Waals surface area (Å²) in [6, 6.07) is 3.84. The molecule has 3 aromatic rings. The van der Waals surface area contributed by atoms with Crippen molar-refractivity contribution in [2.24, 2.45) is 0 Å². The van der Waals surface area contributed by atoms with Crippen molar-refractivity contribution < 1.29 is 8.81 Å². The first-order valence-corrected chi connectivity index (χ1v) is 4.74. The quantitative estimate of drug-likeness (QED) is 0.628. The van der Waals surface area contributed by atoms with Crippen LogP contribution in [0.25, 0.3) is 22.2 Å². The Kier molecular flexibility index (Phi) is 1.65. The molecule has 0 aliphatic heterocycles. The second kappa shape index (κ2) is 2.91. The highest BCUT2D eigenvalue weighted by molar-refractivity contribution is 5.86. The molecule has 3 rings (SSSR count). The molecule has 0 bridgehead atoms. The first-order chi connectivity index (χ1) is 7.65. The van der Waals surface area contributed by atoms with Gasteiger partial charge in [0.15, 0.2) is 5.52 Å². The molecule has 0 unspecified atom stereocenters. The summed E-state index contributed by atoms with van der Waals surface area (Å²) in [5, 5.41) is 0.219. The van der Waals surface area contributed by atoms with Crippen molar-refractivity contribution in [1.29, 1.82) is 0 Å². The number of aryl methyl sites for hydroxylation is 1. The Balaban J connectivity index is 2.60. The molecule has 0 fully saturated rings. The van der Waals surface area contributed by atoms with Crippen molar-refractivity contribution in [3.05, 3.63) is 40.1 Å². The van der Waals surface area contributed by atoms with Crippen LogP contribution in [0.4, 0.5) is 4.39 Å². The van der Waals surface area contributed by atoms with Gasteiger partial charge in [-0.3, -0.25) is 4.79 Å². The molecule has 0 amide bonds. The lowest BCUT2D eigenvalue weighted by Crippen LogP contribution is -2.02. The van der Waals surface area contributed by atoms with Crippen LogP contribution in [0.15, 0.2) is 27.4 Å². The zero-order valence-corrected chi connectivity index (χ0v) is 8.37. The lowest BCUT2D eigenvalue weighted by molar-refractivity contribution is 0.621. The standard InChI is InChI=1S/C11H7FN2O2/c1-5-13-9-10(15)7-4-6(12)2-3-8(7)16-11(9)14-5/h2-4H,1H3,(H,13,14). The van der Waals surface area contributed by atoms with Crippen molar-refractivity contribution in [1.82, 2.24) is 9.97 Å². The molecule has 0 radical (unpaired) electrons. The Labute approximate surface area is 88.7 Å². The normalized spacial score (nSPS) is 11.4. The van der Waals surface area contributed by atoms with E-state index in [1.165, 1.54) is 12.1 Å². The molecular formula is C11H7FN2O2. The molecule has 0 saturated heterocycles. The summed E-state index contributed by atoms with van der Waals surface area (Å²) in [6.07, 6.45) is 0. The Hall–Kier alpha value is -2.17. The summed E-state index contributed by atoms with van der Waals surface area (Å²) in [4.78, 5) is 18.8. The zero-order valence-electron chi connectivity index (χ0n) is 8.37. The van der Waals surface area contributed by atoms with Crippen LogP contribution >= 0.6 is 0 Å². The largest absolute Gasteiger partial charge is 0.436 e. The molecule has 16 heavy (non-hydrogen) atoms. The monoisotopic (exact) mass is 218 g/mol. The van der Waals surface area contributed by atoms with Gasteiger partial charge in [-0.25, -0.2) is 4.39 Å². The van der Waals surface area contributed by atoms with Crippen LogP contribution in [-0.2, 0) is 0 Å². The third kappa shape index (κ3) is 1.14. The Bertz CT molecular complexity index is 758. The number of aromatic amines is 1. The van der Waals surface area contributed by atoms with Crippen molar-refractivity contribution in [3.63, 3.8) is 0 Å². The Morgan fingerprint density at radius 2 is 2.25 bits per heavy atom. The van der Waals surface area contributed by atoms with Crippen LogP contribution < -0.4 is 5.43 Å². The zero-order chi connectivity index (χ0) is 11.3. The van der Waals surface area contributed by atoms with E-state index in [0.29, 0.717) is 11.4 Å². The summed E-state index contributed by atoms with van der Waals surface area (Å²) in [5.74, 6) is 0.127. The molecule has 0 spiro atoms. The summed E-state index contributed by atoms with van der Waals surface area (Å²) in [6.45, 7) is 1.72. The fourth-order valence-corrected chi connectivity index (χ4v) is 1.71. The minimum absolute atomic E-state index is 0.219. The molecule has 1 aromatic carbocycles. The number of halogens is 1. The number of hydrogen-bond acceptors (Lipinski definition) is 3. The summed E-state index contributed by atoms with van der Waals surface area (Å²) in [5.41, 5.74) is 0.568. The molecule has 5 heteroatoms. The van der Waals surface area contributed by atoms with Gasteiger partial charge in [0.25, 0.3) is 0 Å². The highest BCUT2D eigenvalue weighted by Crippen LogP contribution is 2.17. The molecule has 1 N–H and O–H groups in total. The van der Waals surface area contributed by atoms with Crippen LogP contribution in [0.2, 0.25) is 0 Å². The molecule has 80 valence electrons. The average Bonchev–Trinajstić information content (AvgIpc) is 2.61. The lowest BCUT2D eigenvalue weighted by Gasteiger charge is -1.96. The van der Waals surface area contributed by atoms with E-state index in [1.807, 2.05) is 0 Å². The number of H-pyrrole nitrogens is 1. The van der Waals surface area contributed by atoms with Gasteiger partial charge in [-0.05, 0) is 25.1 Å². The van der Waals surface area contributed by atoms with Crippen molar-refractivity contribution >= 4 is 22.2 Å². The van der Waals surface area contributed by atoms with Crippen molar-refractivity contribution in [2.45, 2.75) is 6.92 Å². The smallest absolute Gasteiger partial charge is 0.249 e. The van der Waals surface area contributed by atoms with Crippen molar-refractivity contribution in [3.8, 4) is 0 Å². The van der Waals surface area contributed by atoms with Gasteiger partial charge in [-0.15, -0.1) is 0 Å². The first-order valence-electron chi connectivity index (χ1n) is 4.74. The van der Waals surface area contributed by atoms with Crippen molar-refractivity contribution in [2.75, 3.05) is 0 Å². The molecule has 2 heterocycles. The Morgan fingerprint density at radius 3 is 3.06 bits per heavy atom. The number of fused-ring (bicyclic) bond motifs is 2. The van der Waals surface area contributed by atoms with E-state index in [-0.39, 0.29) is 22.0 Å². The summed E-state index contributed by atoms with van der Waals surface area (Å²) >= 11 is 0. The predicted molar refractivity (Wildman–Crippen MR) is 56.8 cm³/mol. The van der Waals surface area contributed by atoms with Gasteiger partial charge < -0.3 is 9.40 Å². The van der Waals surface area contributed by atoms with Gasteiger partial charge in [0.05, 0.1) is 5.39 Å². The molecule has 4 nitrogen and oxygen atoms in total. The van der Waals surface area contributed by atoms with Gasteiger partial charge in [0, 0.05) is 0 Å². The number of imidazole rings is 1. The van der Waals surface area contributed by atoms with E-state index < -0.39 is 5.82 Å². The minimum atomic E-state index is -0.463. The molecule has 2 aromatic heterocycles. The third-order valence-electron chi connectivity index (χ3n) is 2.41. The number of nitrogens with one attached hydrogen (secondary N) is 1. The fourth-order valence-electron chi connectivity index (χ4n) is 1.71. The van der Waals surface area contributed by atoms with Gasteiger partial charge in [-0.2, -0.15) is 4.98 Å². The fraction of sp³-hybridized carbons (Fsp3) is 0.0909. The maximum Gasteiger partial charge on any atom is 0.249 e. The van der Waals surface area contributed by atoms with E-state index in [1.54, 1.807) is 6.92 Å². The average molecular weight is 218 g/mol. The lowest BCUT2D eigenvalue weighted by atomic mass is 10.2. The van der Waals surface area contributed by atoms with Gasteiger partial charge in [-0.1, -0.05) is 0 Å². The van der Waals surface area contributed by atoms with E-state index in [4.69, 9.17) is 4.42 Å². The predicted octanol–water partition coefficient (Wildman–Crippen LogP) is 2.12. The summed E-state index contributed by atoms with van der Waals surface area (Å²) < 4.78 is 18.4. The van der Waals surface area contributed by atoms with Crippen LogP contribution in [0, 0.1) is 12.7 Å².